The Morgan fingerprint density at radius 1 is 1.12 bits per heavy atom. The van der Waals surface area contributed by atoms with E-state index < -0.39 is 0 Å². The SMILES string of the molecule is CN(C)Cc1ccc(CSCCN)o1.Cc1cc(N(C)C)oc1CO. The first-order chi connectivity index (χ1) is 11.9. The second-order valence-electron chi connectivity index (χ2n) is 6.19. The summed E-state index contributed by atoms with van der Waals surface area (Å²) in [7, 11) is 7.87. The summed E-state index contributed by atoms with van der Waals surface area (Å²) in [5.74, 6) is 5.41. The van der Waals surface area contributed by atoms with E-state index in [-0.39, 0.29) is 6.61 Å². The summed E-state index contributed by atoms with van der Waals surface area (Å²) in [5.41, 5.74) is 6.40. The van der Waals surface area contributed by atoms with Gasteiger partial charge in [0.2, 0.25) is 0 Å². The summed E-state index contributed by atoms with van der Waals surface area (Å²) in [4.78, 5) is 3.96. The molecule has 0 aliphatic carbocycles. The molecule has 25 heavy (non-hydrogen) atoms. The van der Waals surface area contributed by atoms with E-state index in [1.54, 1.807) is 11.8 Å². The number of hydrogen-bond acceptors (Lipinski definition) is 7. The van der Waals surface area contributed by atoms with E-state index in [1.165, 1.54) is 0 Å². The first-order valence-corrected chi connectivity index (χ1v) is 9.40. The van der Waals surface area contributed by atoms with Crippen LogP contribution in [-0.2, 0) is 18.9 Å². The van der Waals surface area contributed by atoms with Crippen molar-refractivity contribution in [2.45, 2.75) is 25.8 Å². The Hall–Kier alpha value is -1.41. The van der Waals surface area contributed by atoms with E-state index >= 15 is 0 Å². The van der Waals surface area contributed by atoms with E-state index in [0.717, 1.165) is 47.6 Å². The molecule has 0 aliphatic heterocycles. The molecule has 0 amide bonds. The fraction of sp³-hybridized carbons (Fsp3) is 0.556. The van der Waals surface area contributed by atoms with Crippen molar-refractivity contribution in [3.8, 4) is 0 Å². The Bertz CT molecular complexity index is 608. The summed E-state index contributed by atoms with van der Waals surface area (Å²) in [6.07, 6.45) is 0. The molecule has 0 aromatic carbocycles. The molecule has 2 heterocycles. The van der Waals surface area contributed by atoms with Gasteiger partial charge in [-0.3, -0.25) is 0 Å². The molecule has 0 atom stereocenters. The quantitative estimate of drug-likeness (QED) is 0.693. The number of nitrogens with two attached hydrogens (primary N) is 1. The second kappa shape index (κ2) is 11.3. The number of aliphatic hydroxyl groups is 1. The van der Waals surface area contributed by atoms with Crippen molar-refractivity contribution in [1.82, 2.24) is 4.90 Å². The van der Waals surface area contributed by atoms with Gasteiger partial charge < -0.3 is 29.5 Å². The van der Waals surface area contributed by atoms with Crippen LogP contribution in [0.5, 0.6) is 0 Å². The minimum absolute atomic E-state index is 0.0281. The van der Waals surface area contributed by atoms with Crippen LogP contribution in [0, 0.1) is 6.92 Å². The zero-order valence-electron chi connectivity index (χ0n) is 15.9. The number of aryl methyl sites for hydroxylation is 1. The minimum atomic E-state index is -0.0281. The van der Waals surface area contributed by atoms with Crippen molar-refractivity contribution in [3.63, 3.8) is 0 Å². The normalized spacial score (nSPS) is 10.7. The number of nitrogens with zero attached hydrogens (tertiary/aromatic N) is 2. The highest BCUT2D eigenvalue weighted by molar-refractivity contribution is 7.98. The molecule has 0 saturated carbocycles. The zero-order chi connectivity index (χ0) is 18.8. The summed E-state index contributed by atoms with van der Waals surface area (Å²) >= 11 is 1.81. The summed E-state index contributed by atoms with van der Waals surface area (Å²) < 4.78 is 10.9. The van der Waals surface area contributed by atoms with Crippen LogP contribution < -0.4 is 10.6 Å². The van der Waals surface area contributed by atoms with Gasteiger partial charge in [-0.05, 0) is 38.7 Å². The molecule has 7 heteroatoms. The maximum Gasteiger partial charge on any atom is 0.195 e. The predicted octanol–water partition coefficient (Wildman–Crippen LogP) is 2.68. The standard InChI is InChI=1S/C10H18N2OS.C8H13NO2/c1-12(2)7-9-3-4-10(13-9)8-14-6-5-11;1-6-4-8(9(2)3)11-7(6)5-10/h3-4H,5-8,11H2,1-2H3;4,10H,5H2,1-3H3. The van der Waals surface area contributed by atoms with Crippen LogP contribution in [0.1, 0.15) is 22.8 Å². The number of anilines is 1. The maximum atomic E-state index is 8.80. The fourth-order valence-corrected chi connectivity index (χ4v) is 2.70. The van der Waals surface area contributed by atoms with Crippen LogP contribution in [-0.4, -0.2) is 50.5 Å². The Labute approximate surface area is 155 Å². The number of furan rings is 2. The molecule has 0 fully saturated rings. The van der Waals surface area contributed by atoms with E-state index in [4.69, 9.17) is 19.7 Å². The molecule has 0 spiro atoms. The Balaban J connectivity index is 0.000000257. The van der Waals surface area contributed by atoms with Crippen LogP contribution in [0.15, 0.2) is 27.0 Å². The predicted molar refractivity (Wildman–Crippen MR) is 105 cm³/mol. The molecule has 2 aromatic heterocycles. The molecule has 0 aliphatic rings. The highest BCUT2D eigenvalue weighted by atomic mass is 32.2. The van der Waals surface area contributed by atoms with Crippen molar-refractivity contribution in [1.29, 1.82) is 0 Å². The third-order valence-electron chi connectivity index (χ3n) is 3.29. The minimum Gasteiger partial charge on any atom is -0.464 e. The van der Waals surface area contributed by atoms with Crippen molar-refractivity contribution in [2.24, 2.45) is 5.73 Å². The average molecular weight is 370 g/mol. The van der Waals surface area contributed by atoms with Gasteiger partial charge in [0.1, 0.15) is 23.9 Å². The highest BCUT2D eigenvalue weighted by Gasteiger charge is 2.06. The van der Waals surface area contributed by atoms with E-state index in [0.29, 0.717) is 5.76 Å². The van der Waals surface area contributed by atoms with Crippen LogP contribution in [0.25, 0.3) is 0 Å². The third-order valence-corrected chi connectivity index (χ3v) is 4.30. The molecule has 0 unspecified atom stereocenters. The lowest BCUT2D eigenvalue weighted by Gasteiger charge is -2.05. The molecular formula is C18H31N3O3S. The topological polar surface area (TPSA) is 79.0 Å². The van der Waals surface area contributed by atoms with Gasteiger partial charge in [0, 0.05) is 32.5 Å². The van der Waals surface area contributed by atoms with Crippen LogP contribution >= 0.6 is 11.8 Å². The van der Waals surface area contributed by atoms with Gasteiger partial charge in [0.25, 0.3) is 0 Å². The second-order valence-corrected chi connectivity index (χ2v) is 7.30. The van der Waals surface area contributed by atoms with Gasteiger partial charge in [-0.15, -0.1) is 0 Å². The molecule has 142 valence electrons. The fourth-order valence-electron chi connectivity index (χ4n) is 2.03. The van der Waals surface area contributed by atoms with Gasteiger partial charge in [0.05, 0.1) is 12.3 Å². The molecule has 3 N–H and O–H groups in total. The summed E-state index contributed by atoms with van der Waals surface area (Å²) in [6.45, 7) is 3.49. The molecule has 2 aromatic rings. The van der Waals surface area contributed by atoms with Crippen LogP contribution in [0.4, 0.5) is 5.88 Å². The Morgan fingerprint density at radius 3 is 2.28 bits per heavy atom. The first-order valence-electron chi connectivity index (χ1n) is 8.25. The first kappa shape index (κ1) is 21.6. The van der Waals surface area contributed by atoms with E-state index in [2.05, 4.69) is 4.90 Å². The molecule has 2 rings (SSSR count). The van der Waals surface area contributed by atoms with E-state index in [1.807, 2.05) is 58.2 Å². The van der Waals surface area contributed by atoms with Gasteiger partial charge in [-0.1, -0.05) is 0 Å². The van der Waals surface area contributed by atoms with Gasteiger partial charge in [-0.2, -0.15) is 11.8 Å². The van der Waals surface area contributed by atoms with Crippen LogP contribution in [0.2, 0.25) is 0 Å². The smallest absolute Gasteiger partial charge is 0.195 e. The van der Waals surface area contributed by atoms with E-state index in [9.17, 15) is 0 Å². The highest BCUT2D eigenvalue weighted by Crippen LogP contribution is 2.20. The molecule has 0 radical (unpaired) electrons. The number of thioether (sulfide) groups is 1. The van der Waals surface area contributed by atoms with Crippen molar-refractivity contribution < 1.29 is 13.9 Å². The molecule has 0 saturated heterocycles. The lowest BCUT2D eigenvalue weighted by atomic mass is 10.3. The van der Waals surface area contributed by atoms with Gasteiger partial charge in [0.15, 0.2) is 5.88 Å². The summed E-state index contributed by atoms with van der Waals surface area (Å²) in [6, 6.07) is 5.99. The maximum absolute atomic E-state index is 8.80. The Kier molecular flexibility index (Phi) is 9.74. The number of rotatable bonds is 8. The molecule has 6 nitrogen and oxygen atoms in total. The Morgan fingerprint density at radius 2 is 1.80 bits per heavy atom. The molecule has 0 bridgehead atoms. The van der Waals surface area contributed by atoms with Gasteiger partial charge >= 0.3 is 0 Å². The van der Waals surface area contributed by atoms with Crippen molar-refractivity contribution in [3.05, 3.63) is 41.0 Å². The number of hydrogen-bond donors (Lipinski definition) is 2. The lowest BCUT2D eigenvalue weighted by molar-refractivity contribution is 0.247. The van der Waals surface area contributed by atoms with Gasteiger partial charge in [-0.25, -0.2) is 0 Å². The zero-order valence-corrected chi connectivity index (χ0v) is 16.7. The average Bonchev–Trinajstić information content (AvgIpc) is 3.14. The largest absolute Gasteiger partial charge is 0.464 e. The van der Waals surface area contributed by atoms with Crippen molar-refractivity contribution >= 4 is 17.6 Å². The summed E-state index contributed by atoms with van der Waals surface area (Å²) in [5, 5.41) is 8.80. The van der Waals surface area contributed by atoms with Crippen LogP contribution in [0.3, 0.4) is 0 Å². The lowest BCUT2D eigenvalue weighted by Crippen LogP contribution is -2.09. The molecular weight excluding hydrogens is 338 g/mol. The third kappa shape index (κ3) is 8.00. The van der Waals surface area contributed by atoms with Crippen molar-refractivity contribution in [2.75, 3.05) is 45.4 Å². The monoisotopic (exact) mass is 369 g/mol. The number of aliphatic hydroxyl groups excluding tert-OH is 1.